The van der Waals surface area contributed by atoms with Crippen LogP contribution in [0.25, 0.3) is 5.57 Å². The molecule has 0 aliphatic carbocycles. The summed E-state index contributed by atoms with van der Waals surface area (Å²) < 4.78 is 29.4. The molecule has 1 heterocycles. The molecule has 1 atom stereocenters. The maximum atomic E-state index is 14.6. The highest BCUT2D eigenvalue weighted by atomic mass is 19.1. The first-order valence-corrected chi connectivity index (χ1v) is 8.91. The van der Waals surface area contributed by atoms with Gasteiger partial charge in [-0.3, -0.25) is 10.0 Å². The number of halogens is 2. The molecular weight excluding hydrogens is 394 g/mol. The summed E-state index contributed by atoms with van der Waals surface area (Å²) in [5, 5.41) is 25.3. The van der Waals surface area contributed by atoms with Crippen molar-refractivity contribution in [1.82, 2.24) is 19.8 Å². The van der Waals surface area contributed by atoms with Gasteiger partial charge in [-0.15, -0.1) is 0 Å². The van der Waals surface area contributed by atoms with Crippen molar-refractivity contribution in [3.05, 3.63) is 89.5 Å². The van der Waals surface area contributed by atoms with Gasteiger partial charge in [-0.1, -0.05) is 18.7 Å². The van der Waals surface area contributed by atoms with Crippen molar-refractivity contribution in [2.45, 2.75) is 19.1 Å². The van der Waals surface area contributed by atoms with Gasteiger partial charge in [0.05, 0.1) is 6.54 Å². The Morgan fingerprint density at radius 3 is 2.57 bits per heavy atom. The van der Waals surface area contributed by atoms with Crippen molar-refractivity contribution >= 4 is 11.5 Å². The standard InChI is InChI=1S/C21H20F2N4O3/c1-13-8-15(4-6-17(13)20(28)26(3)30)14(2)21(29,10-27-12-24-11-25-27)18-7-5-16(22)9-19(18)23/h4-9,11-12,29-30H,2,10H2,1,3H3. The van der Waals surface area contributed by atoms with Crippen LogP contribution in [0.2, 0.25) is 0 Å². The molecular formula is C21H20F2N4O3. The molecule has 0 radical (unpaired) electrons. The first-order chi connectivity index (χ1) is 14.1. The van der Waals surface area contributed by atoms with Gasteiger partial charge in [-0.25, -0.2) is 23.5 Å². The largest absolute Gasteiger partial charge is 0.378 e. The van der Waals surface area contributed by atoms with Crippen LogP contribution in [0.15, 0.2) is 55.6 Å². The Bertz CT molecular complexity index is 1100. The highest BCUT2D eigenvalue weighted by Crippen LogP contribution is 2.38. The van der Waals surface area contributed by atoms with Gasteiger partial charge in [0.2, 0.25) is 0 Å². The van der Waals surface area contributed by atoms with Crippen LogP contribution in [0.4, 0.5) is 8.78 Å². The number of rotatable bonds is 6. The van der Waals surface area contributed by atoms with Crippen LogP contribution in [0.1, 0.15) is 27.0 Å². The number of aromatic nitrogens is 3. The number of benzene rings is 2. The minimum absolute atomic E-state index is 0.114. The Morgan fingerprint density at radius 2 is 2.00 bits per heavy atom. The molecule has 0 aliphatic rings. The van der Waals surface area contributed by atoms with Crippen LogP contribution in [0.5, 0.6) is 0 Å². The molecule has 156 valence electrons. The van der Waals surface area contributed by atoms with Crippen LogP contribution in [0.3, 0.4) is 0 Å². The van der Waals surface area contributed by atoms with Gasteiger partial charge in [0.15, 0.2) is 0 Å². The van der Waals surface area contributed by atoms with E-state index in [1.807, 2.05) is 0 Å². The average Bonchev–Trinajstić information content (AvgIpc) is 3.19. The average molecular weight is 414 g/mol. The number of aryl methyl sites for hydroxylation is 1. The molecule has 0 saturated carbocycles. The first kappa shape index (κ1) is 21.3. The molecule has 1 aromatic heterocycles. The summed E-state index contributed by atoms with van der Waals surface area (Å²) in [4.78, 5) is 15.9. The summed E-state index contributed by atoms with van der Waals surface area (Å²) in [6.45, 7) is 5.38. The molecule has 2 aromatic carbocycles. The molecule has 1 amide bonds. The number of carbonyl (C=O) groups excluding carboxylic acids is 1. The number of amides is 1. The summed E-state index contributed by atoms with van der Waals surface area (Å²) >= 11 is 0. The molecule has 0 bridgehead atoms. The summed E-state index contributed by atoms with van der Waals surface area (Å²) in [6, 6.07) is 7.47. The second-order valence-corrected chi connectivity index (χ2v) is 6.91. The minimum Gasteiger partial charge on any atom is -0.378 e. The van der Waals surface area contributed by atoms with E-state index in [0.29, 0.717) is 22.3 Å². The Balaban J connectivity index is 2.09. The van der Waals surface area contributed by atoms with Gasteiger partial charge in [0.1, 0.15) is 29.9 Å². The number of hydrogen-bond acceptors (Lipinski definition) is 5. The van der Waals surface area contributed by atoms with E-state index in [0.717, 1.165) is 12.1 Å². The number of carbonyl (C=O) groups is 1. The summed E-state index contributed by atoms with van der Waals surface area (Å²) in [7, 11) is 1.21. The van der Waals surface area contributed by atoms with E-state index in [-0.39, 0.29) is 23.2 Å². The molecule has 9 heteroatoms. The van der Waals surface area contributed by atoms with E-state index in [2.05, 4.69) is 16.7 Å². The topological polar surface area (TPSA) is 91.5 Å². The number of nitrogens with zero attached hydrogens (tertiary/aromatic N) is 4. The molecule has 2 N–H and O–H groups in total. The predicted molar refractivity (Wildman–Crippen MR) is 104 cm³/mol. The number of hydroxylamine groups is 2. The van der Waals surface area contributed by atoms with Crippen molar-refractivity contribution in [3.63, 3.8) is 0 Å². The summed E-state index contributed by atoms with van der Waals surface area (Å²) in [6.07, 6.45) is 2.62. The van der Waals surface area contributed by atoms with E-state index in [1.54, 1.807) is 13.0 Å². The minimum atomic E-state index is -1.99. The quantitative estimate of drug-likeness (QED) is 0.478. The van der Waals surface area contributed by atoms with Crippen molar-refractivity contribution in [3.8, 4) is 0 Å². The Morgan fingerprint density at radius 1 is 1.27 bits per heavy atom. The summed E-state index contributed by atoms with van der Waals surface area (Å²) in [5.74, 6) is -2.33. The second-order valence-electron chi connectivity index (χ2n) is 6.91. The Labute approximate surface area is 171 Å². The van der Waals surface area contributed by atoms with E-state index >= 15 is 0 Å². The SMILES string of the molecule is C=C(c1ccc(C(=O)N(C)O)c(C)c1)C(O)(Cn1cncn1)c1ccc(F)cc1F. The van der Waals surface area contributed by atoms with Gasteiger partial charge >= 0.3 is 0 Å². The molecule has 0 saturated heterocycles. The first-order valence-electron chi connectivity index (χ1n) is 8.91. The van der Waals surface area contributed by atoms with Crippen molar-refractivity contribution < 1.29 is 23.9 Å². The maximum Gasteiger partial charge on any atom is 0.277 e. The van der Waals surface area contributed by atoms with Crippen LogP contribution < -0.4 is 0 Å². The molecule has 30 heavy (non-hydrogen) atoms. The Kier molecular flexibility index (Phi) is 5.77. The fourth-order valence-corrected chi connectivity index (χ4v) is 3.22. The van der Waals surface area contributed by atoms with Crippen LogP contribution in [-0.4, -0.2) is 43.1 Å². The predicted octanol–water partition coefficient (Wildman–Crippen LogP) is 2.93. The third kappa shape index (κ3) is 3.98. The lowest BCUT2D eigenvalue weighted by atomic mass is 9.82. The van der Waals surface area contributed by atoms with Gasteiger partial charge < -0.3 is 5.11 Å². The van der Waals surface area contributed by atoms with Gasteiger partial charge in [0.25, 0.3) is 5.91 Å². The number of hydrogen-bond donors (Lipinski definition) is 2. The fourth-order valence-electron chi connectivity index (χ4n) is 3.22. The molecule has 0 fully saturated rings. The van der Waals surface area contributed by atoms with Gasteiger partial charge in [0, 0.05) is 24.2 Å². The highest BCUT2D eigenvalue weighted by molar-refractivity contribution is 5.95. The lowest BCUT2D eigenvalue weighted by Gasteiger charge is -2.31. The molecule has 0 aliphatic heterocycles. The van der Waals surface area contributed by atoms with Crippen molar-refractivity contribution in [2.75, 3.05) is 7.05 Å². The fraction of sp³-hybridized carbons (Fsp3) is 0.190. The number of aliphatic hydroxyl groups is 1. The third-order valence-electron chi connectivity index (χ3n) is 4.83. The van der Waals surface area contributed by atoms with Crippen LogP contribution >= 0.6 is 0 Å². The van der Waals surface area contributed by atoms with E-state index < -0.39 is 23.1 Å². The molecule has 3 rings (SSSR count). The zero-order valence-electron chi connectivity index (χ0n) is 16.4. The van der Waals surface area contributed by atoms with Crippen molar-refractivity contribution in [1.29, 1.82) is 0 Å². The Hall–Kier alpha value is -3.43. The van der Waals surface area contributed by atoms with E-state index in [4.69, 9.17) is 0 Å². The normalized spacial score (nSPS) is 13.0. The van der Waals surface area contributed by atoms with E-state index in [1.165, 1.54) is 36.5 Å². The molecule has 3 aromatic rings. The zero-order chi connectivity index (χ0) is 22.1. The van der Waals surface area contributed by atoms with Crippen LogP contribution in [-0.2, 0) is 12.1 Å². The monoisotopic (exact) mass is 414 g/mol. The molecule has 1 unspecified atom stereocenters. The van der Waals surface area contributed by atoms with Crippen LogP contribution in [0, 0.1) is 18.6 Å². The molecule has 7 nitrogen and oxygen atoms in total. The van der Waals surface area contributed by atoms with E-state index in [9.17, 15) is 23.9 Å². The molecule has 0 spiro atoms. The summed E-state index contributed by atoms with van der Waals surface area (Å²) in [5.41, 5.74) is -0.861. The second kappa shape index (κ2) is 8.13. The zero-order valence-corrected chi connectivity index (χ0v) is 16.4. The van der Waals surface area contributed by atoms with Gasteiger partial charge in [-0.05, 0) is 41.8 Å². The maximum absolute atomic E-state index is 14.6. The van der Waals surface area contributed by atoms with Gasteiger partial charge in [-0.2, -0.15) is 5.10 Å². The lowest BCUT2D eigenvalue weighted by Crippen LogP contribution is -2.34. The highest BCUT2D eigenvalue weighted by Gasteiger charge is 2.37. The lowest BCUT2D eigenvalue weighted by molar-refractivity contribution is -0.0375. The third-order valence-corrected chi connectivity index (χ3v) is 4.83. The van der Waals surface area contributed by atoms with Crippen molar-refractivity contribution in [2.24, 2.45) is 0 Å². The smallest absolute Gasteiger partial charge is 0.277 e.